The minimum absolute atomic E-state index is 0.148. The lowest BCUT2D eigenvalue weighted by molar-refractivity contribution is -0.170. The van der Waals surface area contributed by atoms with Gasteiger partial charge in [0.1, 0.15) is 0 Å². The lowest BCUT2D eigenvalue weighted by Crippen LogP contribution is -2.24. The third-order valence-electron chi connectivity index (χ3n) is 1.60. The summed E-state index contributed by atoms with van der Waals surface area (Å²) in [6.07, 6.45) is -5.57. The van der Waals surface area contributed by atoms with Gasteiger partial charge in [0, 0.05) is 16.5 Å². The molecule has 0 N–H and O–H groups in total. The highest BCUT2D eigenvalue weighted by Gasteiger charge is 2.37. The number of halogens is 5. The van der Waals surface area contributed by atoms with Crippen LogP contribution < -0.4 is 0 Å². The van der Waals surface area contributed by atoms with Crippen molar-refractivity contribution in [2.75, 3.05) is 0 Å². The number of benzene rings is 1. The van der Waals surface area contributed by atoms with Crippen LogP contribution in [0.25, 0.3) is 0 Å². The first-order chi connectivity index (χ1) is 6.79. The van der Waals surface area contributed by atoms with Gasteiger partial charge in [-0.25, -0.2) is 0 Å². The maximum Gasteiger partial charge on any atom is 0.450 e. The number of rotatable bonds is 2. The van der Waals surface area contributed by atoms with Crippen LogP contribution in [0.3, 0.4) is 0 Å². The Morgan fingerprint density at radius 1 is 1.13 bits per heavy atom. The number of ketones is 1. The van der Waals surface area contributed by atoms with Crippen LogP contribution >= 0.6 is 23.2 Å². The van der Waals surface area contributed by atoms with E-state index in [1.54, 1.807) is 0 Å². The van der Waals surface area contributed by atoms with Crippen molar-refractivity contribution < 1.29 is 18.0 Å². The van der Waals surface area contributed by atoms with Gasteiger partial charge in [0.25, 0.3) is 0 Å². The zero-order valence-electron chi connectivity index (χ0n) is 7.24. The number of hydrogen-bond acceptors (Lipinski definition) is 1. The molecule has 0 atom stereocenters. The SMILES string of the molecule is O=C(Cc1cc(Cl)cc(Cl)c1)C(F)(F)F. The van der Waals surface area contributed by atoms with E-state index in [4.69, 9.17) is 23.2 Å². The molecule has 1 aromatic rings. The molecular formula is C9H5Cl2F3O. The molecule has 0 aliphatic carbocycles. The Kier molecular flexibility index (Phi) is 3.62. The standard InChI is InChI=1S/C9H5Cl2F3O/c10-6-1-5(2-7(11)4-6)3-8(15)9(12,13)14/h1-2,4H,3H2. The van der Waals surface area contributed by atoms with Gasteiger partial charge in [-0.1, -0.05) is 23.2 Å². The van der Waals surface area contributed by atoms with Crippen molar-refractivity contribution in [1.29, 1.82) is 0 Å². The first-order valence-corrected chi connectivity index (χ1v) is 4.59. The number of alkyl halides is 3. The molecule has 0 heterocycles. The van der Waals surface area contributed by atoms with Gasteiger partial charge in [0.05, 0.1) is 0 Å². The zero-order valence-corrected chi connectivity index (χ0v) is 8.75. The van der Waals surface area contributed by atoms with Crippen LogP contribution in [0.1, 0.15) is 5.56 Å². The van der Waals surface area contributed by atoms with Gasteiger partial charge in [-0.2, -0.15) is 13.2 Å². The van der Waals surface area contributed by atoms with Gasteiger partial charge in [0.15, 0.2) is 0 Å². The van der Waals surface area contributed by atoms with Crippen LogP contribution in [0.5, 0.6) is 0 Å². The maximum atomic E-state index is 11.9. The Hall–Kier alpha value is -0.740. The number of hydrogen-bond donors (Lipinski definition) is 0. The molecule has 0 saturated carbocycles. The van der Waals surface area contributed by atoms with Crippen molar-refractivity contribution in [3.63, 3.8) is 0 Å². The van der Waals surface area contributed by atoms with Gasteiger partial charge >= 0.3 is 6.18 Å². The second-order valence-electron chi connectivity index (χ2n) is 2.88. The van der Waals surface area contributed by atoms with E-state index >= 15 is 0 Å². The highest BCUT2D eigenvalue weighted by atomic mass is 35.5. The summed E-state index contributed by atoms with van der Waals surface area (Å²) < 4.78 is 35.8. The van der Waals surface area contributed by atoms with Crippen molar-refractivity contribution in [2.24, 2.45) is 0 Å². The van der Waals surface area contributed by atoms with Gasteiger partial charge in [-0.3, -0.25) is 4.79 Å². The van der Waals surface area contributed by atoms with E-state index in [-0.39, 0.29) is 15.6 Å². The molecule has 1 nitrogen and oxygen atoms in total. The molecule has 0 radical (unpaired) electrons. The van der Waals surface area contributed by atoms with E-state index in [1.165, 1.54) is 18.2 Å². The molecule has 0 fully saturated rings. The normalized spacial score (nSPS) is 11.5. The Bertz CT molecular complexity index is 367. The van der Waals surface area contributed by atoms with Crippen LogP contribution in [-0.4, -0.2) is 12.0 Å². The summed E-state index contributed by atoms with van der Waals surface area (Å²) in [5.41, 5.74) is 0.148. The van der Waals surface area contributed by atoms with Crippen molar-refractivity contribution >= 4 is 29.0 Å². The number of Topliss-reactive ketones (excluding diaryl/α,β-unsaturated/α-hetero) is 1. The monoisotopic (exact) mass is 256 g/mol. The molecule has 0 spiro atoms. The smallest absolute Gasteiger partial charge is 0.289 e. The highest BCUT2D eigenvalue weighted by Crippen LogP contribution is 2.23. The summed E-state index contributed by atoms with van der Waals surface area (Å²) in [4.78, 5) is 10.6. The molecule has 0 aliphatic rings. The predicted molar refractivity (Wildman–Crippen MR) is 51.2 cm³/mol. The average Bonchev–Trinajstić information content (AvgIpc) is 1.99. The van der Waals surface area contributed by atoms with Crippen molar-refractivity contribution in [2.45, 2.75) is 12.6 Å². The van der Waals surface area contributed by atoms with E-state index in [0.29, 0.717) is 0 Å². The lowest BCUT2D eigenvalue weighted by Gasteiger charge is -2.05. The van der Waals surface area contributed by atoms with Gasteiger partial charge in [-0.15, -0.1) is 0 Å². The van der Waals surface area contributed by atoms with Crippen LogP contribution in [0.15, 0.2) is 18.2 Å². The minimum Gasteiger partial charge on any atom is -0.289 e. The quantitative estimate of drug-likeness (QED) is 0.789. The second-order valence-corrected chi connectivity index (χ2v) is 3.75. The number of carbonyl (C=O) groups excluding carboxylic acids is 1. The van der Waals surface area contributed by atoms with Crippen LogP contribution in [0, 0.1) is 0 Å². The minimum atomic E-state index is -4.82. The van der Waals surface area contributed by atoms with Crippen LogP contribution in [0.4, 0.5) is 13.2 Å². The van der Waals surface area contributed by atoms with E-state index in [1.807, 2.05) is 0 Å². The molecule has 6 heteroatoms. The van der Waals surface area contributed by atoms with Crippen molar-refractivity contribution in [3.8, 4) is 0 Å². The number of carbonyl (C=O) groups is 1. The summed E-state index contributed by atoms with van der Waals surface area (Å²) in [7, 11) is 0. The molecule has 0 bridgehead atoms. The summed E-state index contributed by atoms with van der Waals surface area (Å²) >= 11 is 11.1. The Labute approximate surface area is 93.8 Å². The van der Waals surface area contributed by atoms with Gasteiger partial charge in [0.2, 0.25) is 5.78 Å². The average molecular weight is 257 g/mol. The summed E-state index contributed by atoms with van der Waals surface area (Å²) in [5, 5.41) is 0.403. The fourth-order valence-electron chi connectivity index (χ4n) is 0.999. The predicted octanol–water partition coefficient (Wildman–Crippen LogP) is 3.67. The molecule has 0 aliphatic heterocycles. The third-order valence-corrected chi connectivity index (χ3v) is 2.04. The molecule has 0 amide bonds. The fourth-order valence-corrected chi connectivity index (χ4v) is 1.57. The Balaban J connectivity index is 2.86. The second kappa shape index (κ2) is 4.41. The van der Waals surface area contributed by atoms with Crippen LogP contribution in [0.2, 0.25) is 10.0 Å². The first kappa shape index (κ1) is 12.3. The molecule has 1 aromatic carbocycles. The molecule has 0 aromatic heterocycles. The van der Waals surface area contributed by atoms with Gasteiger partial charge in [-0.05, 0) is 23.8 Å². The fraction of sp³-hybridized carbons (Fsp3) is 0.222. The van der Waals surface area contributed by atoms with Crippen LogP contribution in [-0.2, 0) is 11.2 Å². The third kappa shape index (κ3) is 3.72. The lowest BCUT2D eigenvalue weighted by atomic mass is 10.1. The molecular weight excluding hydrogens is 252 g/mol. The van der Waals surface area contributed by atoms with E-state index in [0.717, 1.165) is 0 Å². The van der Waals surface area contributed by atoms with Gasteiger partial charge < -0.3 is 0 Å². The maximum absolute atomic E-state index is 11.9. The van der Waals surface area contributed by atoms with E-state index in [9.17, 15) is 18.0 Å². The van der Waals surface area contributed by atoms with Crippen molar-refractivity contribution in [3.05, 3.63) is 33.8 Å². The Morgan fingerprint density at radius 3 is 2.00 bits per heavy atom. The largest absolute Gasteiger partial charge is 0.450 e. The summed E-state index contributed by atoms with van der Waals surface area (Å²) in [6, 6.07) is 3.93. The molecule has 0 unspecified atom stereocenters. The summed E-state index contributed by atoms with van der Waals surface area (Å²) in [6.45, 7) is 0. The molecule has 0 saturated heterocycles. The Morgan fingerprint density at radius 2 is 1.60 bits per heavy atom. The van der Waals surface area contributed by atoms with E-state index in [2.05, 4.69) is 0 Å². The zero-order chi connectivity index (χ0) is 11.6. The molecule has 15 heavy (non-hydrogen) atoms. The molecule has 1 rings (SSSR count). The van der Waals surface area contributed by atoms with Crippen molar-refractivity contribution in [1.82, 2.24) is 0 Å². The topological polar surface area (TPSA) is 17.1 Å². The molecule has 82 valence electrons. The highest BCUT2D eigenvalue weighted by molar-refractivity contribution is 6.34. The first-order valence-electron chi connectivity index (χ1n) is 3.84. The van der Waals surface area contributed by atoms with E-state index < -0.39 is 18.4 Å². The summed E-state index contributed by atoms with van der Waals surface area (Å²) in [5.74, 6) is -1.82.